The van der Waals surface area contributed by atoms with Crippen molar-refractivity contribution in [3.05, 3.63) is 35.1 Å². The monoisotopic (exact) mass is 250 g/mol. The van der Waals surface area contributed by atoms with Crippen molar-refractivity contribution in [2.24, 2.45) is 5.73 Å². The molecule has 0 spiro atoms. The Bertz CT molecular complexity index is 491. The molecule has 0 unspecified atom stereocenters. The number of nitrogens with two attached hydrogens (primary N) is 1. The maximum atomic E-state index is 13.3. The number of aliphatic hydroxyl groups is 1. The number of primary amides is 1. The third kappa shape index (κ3) is 4.95. The van der Waals surface area contributed by atoms with Gasteiger partial charge >= 0.3 is 0 Å². The third-order valence-electron chi connectivity index (χ3n) is 2.15. The molecule has 1 rings (SSSR count). The Kier molecular flexibility index (Phi) is 5.31. The van der Waals surface area contributed by atoms with Gasteiger partial charge in [-0.1, -0.05) is 11.8 Å². The van der Waals surface area contributed by atoms with Gasteiger partial charge in [-0.05, 0) is 30.8 Å². The molecule has 0 fully saturated rings. The lowest BCUT2D eigenvalue weighted by Gasteiger charge is -2.14. The summed E-state index contributed by atoms with van der Waals surface area (Å²) >= 11 is 0. The first kappa shape index (κ1) is 14.2. The summed E-state index contributed by atoms with van der Waals surface area (Å²) in [5.41, 5.74) is 6.26. The van der Waals surface area contributed by atoms with E-state index < -0.39 is 11.7 Å². The van der Waals surface area contributed by atoms with Crippen molar-refractivity contribution in [3.8, 4) is 11.8 Å². The smallest absolute Gasteiger partial charge is 0.231 e. The number of halogens is 1. The predicted octanol–water partition coefficient (Wildman–Crippen LogP) is 0.0866. The van der Waals surface area contributed by atoms with Gasteiger partial charge in [-0.15, -0.1) is 0 Å². The summed E-state index contributed by atoms with van der Waals surface area (Å²) in [6.07, 6.45) is 0. The van der Waals surface area contributed by atoms with Crippen LogP contribution in [0.4, 0.5) is 4.39 Å². The summed E-state index contributed by atoms with van der Waals surface area (Å²) in [7, 11) is 1.72. The number of rotatable bonds is 4. The second-order valence-electron chi connectivity index (χ2n) is 3.95. The number of likely N-dealkylation sites (N-methyl/N-ethyl adjacent to an activating group) is 1. The van der Waals surface area contributed by atoms with Gasteiger partial charge in [0, 0.05) is 12.1 Å². The van der Waals surface area contributed by atoms with Crippen LogP contribution < -0.4 is 5.73 Å². The van der Waals surface area contributed by atoms with Crippen LogP contribution in [0.25, 0.3) is 0 Å². The number of aliphatic hydroxyl groups excluding tert-OH is 1. The summed E-state index contributed by atoms with van der Waals surface area (Å²) in [5, 5.41) is 8.58. The molecular formula is C13H15FN2O2. The van der Waals surface area contributed by atoms with Crippen molar-refractivity contribution in [3.63, 3.8) is 0 Å². The van der Waals surface area contributed by atoms with Gasteiger partial charge in [0.15, 0.2) is 0 Å². The Morgan fingerprint density at radius 2 is 2.22 bits per heavy atom. The van der Waals surface area contributed by atoms with Gasteiger partial charge in [0.2, 0.25) is 5.91 Å². The maximum Gasteiger partial charge on any atom is 0.231 e. The van der Waals surface area contributed by atoms with E-state index in [1.165, 1.54) is 12.1 Å². The molecule has 0 bridgehead atoms. The number of nitrogens with zero attached hydrogens (tertiary/aromatic N) is 1. The molecule has 0 aromatic heterocycles. The Balaban J connectivity index is 2.82. The van der Waals surface area contributed by atoms with Crippen molar-refractivity contribution in [1.29, 1.82) is 0 Å². The fraction of sp³-hybridized carbons (Fsp3) is 0.308. The molecule has 4 nitrogen and oxygen atoms in total. The van der Waals surface area contributed by atoms with E-state index in [2.05, 4.69) is 11.8 Å². The van der Waals surface area contributed by atoms with Crippen molar-refractivity contribution >= 4 is 5.91 Å². The molecule has 3 N–H and O–H groups in total. The van der Waals surface area contributed by atoms with Crippen LogP contribution in [0.1, 0.15) is 11.1 Å². The van der Waals surface area contributed by atoms with Crippen molar-refractivity contribution in [1.82, 2.24) is 4.90 Å². The quantitative estimate of drug-likeness (QED) is 0.744. The number of carbonyl (C=O) groups is 1. The molecule has 1 amide bonds. The lowest BCUT2D eigenvalue weighted by molar-refractivity contribution is -0.118. The van der Waals surface area contributed by atoms with E-state index in [0.29, 0.717) is 17.7 Å². The lowest BCUT2D eigenvalue weighted by atomic mass is 10.1. The fourth-order valence-electron chi connectivity index (χ4n) is 1.59. The highest BCUT2D eigenvalue weighted by molar-refractivity contribution is 5.75. The first-order chi connectivity index (χ1) is 8.51. The first-order valence-electron chi connectivity index (χ1n) is 5.37. The molecule has 0 aliphatic carbocycles. The zero-order valence-electron chi connectivity index (χ0n) is 10.1. The second-order valence-corrected chi connectivity index (χ2v) is 3.95. The van der Waals surface area contributed by atoms with Crippen LogP contribution in [0, 0.1) is 17.7 Å². The van der Waals surface area contributed by atoms with E-state index in [1.807, 2.05) is 0 Å². The van der Waals surface area contributed by atoms with E-state index >= 15 is 0 Å². The molecule has 0 aliphatic rings. The van der Waals surface area contributed by atoms with Crippen LogP contribution in [0.15, 0.2) is 18.2 Å². The van der Waals surface area contributed by atoms with Crippen molar-refractivity contribution in [2.75, 3.05) is 20.2 Å². The number of amides is 1. The fourth-order valence-corrected chi connectivity index (χ4v) is 1.59. The highest BCUT2D eigenvalue weighted by Gasteiger charge is 2.05. The zero-order chi connectivity index (χ0) is 13.5. The van der Waals surface area contributed by atoms with Gasteiger partial charge < -0.3 is 10.8 Å². The summed E-state index contributed by atoms with van der Waals surface area (Å²) in [6.45, 7) is 0.232. The minimum absolute atomic E-state index is 0.105. The van der Waals surface area contributed by atoms with Gasteiger partial charge in [-0.3, -0.25) is 9.69 Å². The van der Waals surface area contributed by atoms with E-state index in [1.54, 1.807) is 18.0 Å². The second kappa shape index (κ2) is 6.74. The maximum absolute atomic E-state index is 13.3. The van der Waals surface area contributed by atoms with Crippen LogP contribution in [-0.4, -0.2) is 36.1 Å². The molecule has 1 aromatic rings. The standard InChI is InChI=1S/C13H15FN2O2/c1-16(9-13(15)18)8-11-5-10(3-2-4-17)6-12(14)7-11/h5-7,17H,4,8-9H2,1H3,(H2,15,18). The Labute approximate surface area is 105 Å². The molecule has 5 heteroatoms. The molecule has 0 heterocycles. The van der Waals surface area contributed by atoms with E-state index in [4.69, 9.17) is 10.8 Å². The van der Waals surface area contributed by atoms with Crippen LogP contribution in [0.2, 0.25) is 0 Å². The van der Waals surface area contributed by atoms with E-state index in [9.17, 15) is 9.18 Å². The van der Waals surface area contributed by atoms with Crippen LogP contribution in [-0.2, 0) is 11.3 Å². The lowest BCUT2D eigenvalue weighted by Crippen LogP contribution is -2.30. The SMILES string of the molecule is CN(CC(N)=O)Cc1cc(F)cc(C#CCO)c1. The Morgan fingerprint density at radius 1 is 1.50 bits per heavy atom. The third-order valence-corrected chi connectivity index (χ3v) is 2.15. The minimum atomic E-state index is -0.436. The summed E-state index contributed by atoms with van der Waals surface area (Å²) in [6, 6.07) is 4.38. The van der Waals surface area contributed by atoms with Crippen LogP contribution in [0.3, 0.4) is 0 Å². The minimum Gasteiger partial charge on any atom is -0.384 e. The molecule has 18 heavy (non-hydrogen) atoms. The van der Waals surface area contributed by atoms with Gasteiger partial charge in [-0.25, -0.2) is 4.39 Å². The van der Waals surface area contributed by atoms with E-state index in [0.717, 1.165) is 0 Å². The first-order valence-corrected chi connectivity index (χ1v) is 5.37. The van der Waals surface area contributed by atoms with Gasteiger partial charge in [0.1, 0.15) is 12.4 Å². The molecule has 0 saturated carbocycles. The number of hydrogen-bond donors (Lipinski definition) is 2. The molecule has 96 valence electrons. The molecule has 0 atom stereocenters. The summed E-state index contributed by atoms with van der Waals surface area (Å²) in [5.74, 6) is 4.26. The molecule has 0 radical (unpaired) electrons. The predicted molar refractivity (Wildman–Crippen MR) is 65.9 cm³/mol. The average molecular weight is 250 g/mol. The van der Waals surface area contributed by atoms with Crippen molar-refractivity contribution in [2.45, 2.75) is 6.54 Å². The Hall–Kier alpha value is -1.90. The molecule has 1 aromatic carbocycles. The number of hydrogen-bond acceptors (Lipinski definition) is 3. The summed E-state index contributed by atoms with van der Waals surface area (Å²) in [4.78, 5) is 12.4. The van der Waals surface area contributed by atoms with Gasteiger partial charge in [0.05, 0.1) is 6.54 Å². The largest absolute Gasteiger partial charge is 0.384 e. The highest BCUT2D eigenvalue weighted by atomic mass is 19.1. The summed E-state index contributed by atoms with van der Waals surface area (Å²) < 4.78 is 13.3. The molecule has 0 saturated heterocycles. The zero-order valence-corrected chi connectivity index (χ0v) is 10.1. The van der Waals surface area contributed by atoms with Gasteiger partial charge in [0.25, 0.3) is 0 Å². The van der Waals surface area contributed by atoms with E-state index in [-0.39, 0.29) is 13.2 Å². The normalized spacial score (nSPS) is 10.0. The average Bonchev–Trinajstić information content (AvgIpc) is 2.24. The topological polar surface area (TPSA) is 66.6 Å². The van der Waals surface area contributed by atoms with Gasteiger partial charge in [-0.2, -0.15) is 0 Å². The number of carbonyl (C=O) groups excluding carboxylic acids is 1. The molecule has 0 aliphatic heterocycles. The Morgan fingerprint density at radius 3 is 2.83 bits per heavy atom. The van der Waals surface area contributed by atoms with Crippen LogP contribution >= 0.6 is 0 Å². The molecular weight excluding hydrogens is 235 g/mol. The number of benzene rings is 1. The highest BCUT2D eigenvalue weighted by Crippen LogP contribution is 2.10. The van der Waals surface area contributed by atoms with Crippen molar-refractivity contribution < 1.29 is 14.3 Å². The van der Waals surface area contributed by atoms with Crippen LogP contribution in [0.5, 0.6) is 0 Å².